The summed E-state index contributed by atoms with van der Waals surface area (Å²) < 4.78 is 6.29. The summed E-state index contributed by atoms with van der Waals surface area (Å²) in [6.45, 7) is 0.863. The molecule has 0 saturated carbocycles. The van der Waals surface area contributed by atoms with E-state index in [-0.39, 0.29) is 0 Å². The number of aromatic nitrogens is 2. The summed E-state index contributed by atoms with van der Waals surface area (Å²) >= 11 is 11.0. The van der Waals surface area contributed by atoms with E-state index in [9.17, 15) is 0 Å². The van der Waals surface area contributed by atoms with Gasteiger partial charge in [-0.1, -0.05) is 40.8 Å². The van der Waals surface area contributed by atoms with Crippen LogP contribution in [-0.4, -0.2) is 23.9 Å². The number of nitrogens with zero attached hydrogens (tertiary/aromatic N) is 2. The minimum atomic E-state index is 0.708. The fraction of sp³-hybridized carbons (Fsp3) is 0.250. The number of thiophene rings is 1. The Morgan fingerprint density at radius 3 is 3.00 bits per heavy atom. The molecule has 2 aromatic heterocycles. The normalized spacial score (nSPS) is 10.8. The number of methoxy groups -OCH3 is 1. The maximum atomic E-state index is 6.06. The summed E-state index contributed by atoms with van der Waals surface area (Å²) in [5.41, 5.74) is 1.05. The minimum absolute atomic E-state index is 0.708. The first-order valence-corrected chi connectivity index (χ1v) is 10.4. The van der Waals surface area contributed by atoms with Gasteiger partial charge in [-0.25, -0.2) is 0 Å². The van der Waals surface area contributed by atoms with E-state index in [1.165, 1.54) is 4.88 Å². The number of hydrogen-bond acceptors (Lipinski definition) is 7. The Kier molecular flexibility index (Phi) is 6.37. The lowest BCUT2D eigenvalue weighted by Crippen LogP contribution is -2.03. The van der Waals surface area contributed by atoms with Gasteiger partial charge in [0.25, 0.3) is 0 Å². The van der Waals surface area contributed by atoms with Crippen molar-refractivity contribution in [1.29, 1.82) is 0 Å². The van der Waals surface area contributed by atoms with E-state index in [0.29, 0.717) is 5.02 Å². The van der Waals surface area contributed by atoms with E-state index in [1.54, 1.807) is 41.5 Å². The third-order valence-corrected chi connectivity index (χ3v) is 6.46. The average molecular weight is 398 g/mol. The molecule has 0 radical (unpaired) electrons. The van der Waals surface area contributed by atoms with E-state index in [4.69, 9.17) is 16.3 Å². The van der Waals surface area contributed by atoms with Gasteiger partial charge in [0, 0.05) is 27.8 Å². The third-order valence-electron chi connectivity index (χ3n) is 3.23. The number of anilines is 1. The zero-order valence-electron chi connectivity index (χ0n) is 13.0. The molecule has 0 fully saturated rings. The van der Waals surface area contributed by atoms with E-state index in [1.807, 2.05) is 18.2 Å². The third kappa shape index (κ3) is 4.86. The smallest absolute Gasteiger partial charge is 0.206 e. The van der Waals surface area contributed by atoms with Crippen molar-refractivity contribution in [2.45, 2.75) is 16.5 Å². The molecule has 4 nitrogen and oxygen atoms in total. The Bertz CT molecular complexity index is 777. The lowest BCUT2D eigenvalue weighted by Gasteiger charge is -2.07. The molecule has 0 aliphatic heterocycles. The van der Waals surface area contributed by atoms with Crippen molar-refractivity contribution in [2.75, 3.05) is 19.0 Å². The molecule has 0 aliphatic rings. The van der Waals surface area contributed by atoms with Crippen molar-refractivity contribution in [3.63, 3.8) is 0 Å². The van der Waals surface area contributed by atoms with Crippen LogP contribution in [0.4, 0.5) is 5.13 Å². The molecule has 3 aromatic rings. The van der Waals surface area contributed by atoms with Gasteiger partial charge < -0.3 is 10.1 Å². The highest BCUT2D eigenvalue weighted by Gasteiger charge is 2.08. The standard InChI is InChI=1S/C16H16ClN3OS3/c1-21-14-5-4-12(17)9-11(14)10-23-16-20-19-15(24-16)18-7-6-13-3-2-8-22-13/h2-5,8-9H,6-7,10H2,1H3,(H,18,19). The van der Waals surface area contributed by atoms with Crippen molar-refractivity contribution in [3.05, 3.63) is 51.2 Å². The maximum Gasteiger partial charge on any atom is 0.206 e. The minimum Gasteiger partial charge on any atom is -0.496 e. The lowest BCUT2D eigenvalue weighted by molar-refractivity contribution is 0.411. The van der Waals surface area contributed by atoms with Gasteiger partial charge in [-0.05, 0) is 36.1 Å². The van der Waals surface area contributed by atoms with Gasteiger partial charge in [-0.3, -0.25) is 0 Å². The predicted molar refractivity (Wildman–Crippen MR) is 104 cm³/mol. The van der Waals surface area contributed by atoms with Gasteiger partial charge in [-0.15, -0.1) is 21.5 Å². The molecule has 0 unspecified atom stereocenters. The Labute approximate surface area is 158 Å². The van der Waals surface area contributed by atoms with Crippen LogP contribution in [0.25, 0.3) is 0 Å². The van der Waals surface area contributed by atoms with Crippen molar-refractivity contribution < 1.29 is 4.74 Å². The Balaban J connectivity index is 1.51. The summed E-state index contributed by atoms with van der Waals surface area (Å²) in [5.74, 6) is 1.58. The quantitative estimate of drug-likeness (QED) is 0.529. The van der Waals surface area contributed by atoms with Gasteiger partial charge in [-0.2, -0.15) is 0 Å². The SMILES string of the molecule is COc1ccc(Cl)cc1CSc1nnc(NCCc2cccs2)s1. The van der Waals surface area contributed by atoms with Crippen molar-refractivity contribution in [3.8, 4) is 5.75 Å². The predicted octanol–water partition coefficient (Wildman–Crippen LogP) is 5.21. The highest BCUT2D eigenvalue weighted by molar-refractivity contribution is 8.00. The van der Waals surface area contributed by atoms with Crippen molar-refractivity contribution in [2.24, 2.45) is 0 Å². The molecule has 2 heterocycles. The number of benzene rings is 1. The molecule has 0 amide bonds. The second-order valence-electron chi connectivity index (χ2n) is 4.87. The zero-order chi connectivity index (χ0) is 16.8. The molecule has 0 bridgehead atoms. The zero-order valence-corrected chi connectivity index (χ0v) is 16.2. The number of hydrogen-bond donors (Lipinski definition) is 1. The summed E-state index contributed by atoms with van der Waals surface area (Å²) in [7, 11) is 1.66. The Morgan fingerprint density at radius 2 is 2.21 bits per heavy atom. The van der Waals surface area contributed by atoms with Crippen LogP contribution in [0.1, 0.15) is 10.4 Å². The molecule has 1 N–H and O–H groups in total. The first-order chi connectivity index (χ1) is 11.7. The van der Waals surface area contributed by atoms with Crippen molar-refractivity contribution in [1.82, 2.24) is 10.2 Å². The van der Waals surface area contributed by atoms with Crippen LogP contribution in [0.15, 0.2) is 40.1 Å². The molecule has 8 heteroatoms. The Hall–Kier alpha value is -1.28. The molecule has 126 valence electrons. The highest BCUT2D eigenvalue weighted by Crippen LogP contribution is 2.32. The van der Waals surface area contributed by atoms with Crippen LogP contribution in [0.2, 0.25) is 5.02 Å². The summed E-state index contributed by atoms with van der Waals surface area (Å²) in [6, 6.07) is 9.86. The molecule has 1 aromatic carbocycles. The summed E-state index contributed by atoms with van der Waals surface area (Å²) in [5, 5.41) is 15.4. The highest BCUT2D eigenvalue weighted by atomic mass is 35.5. The van der Waals surface area contributed by atoms with E-state index in [0.717, 1.165) is 39.5 Å². The van der Waals surface area contributed by atoms with Crippen LogP contribution < -0.4 is 10.1 Å². The van der Waals surface area contributed by atoms with Gasteiger partial charge in [0.15, 0.2) is 4.34 Å². The number of nitrogens with one attached hydrogen (secondary N) is 1. The van der Waals surface area contributed by atoms with E-state index >= 15 is 0 Å². The number of thioether (sulfide) groups is 1. The first kappa shape index (κ1) is 17.5. The van der Waals surface area contributed by atoms with Crippen LogP contribution in [-0.2, 0) is 12.2 Å². The molecular weight excluding hydrogens is 382 g/mol. The van der Waals surface area contributed by atoms with Gasteiger partial charge in [0.2, 0.25) is 5.13 Å². The second kappa shape index (κ2) is 8.71. The average Bonchev–Trinajstić information content (AvgIpc) is 3.25. The van der Waals surface area contributed by atoms with E-state index < -0.39 is 0 Å². The van der Waals surface area contributed by atoms with Crippen LogP contribution in [0.3, 0.4) is 0 Å². The topological polar surface area (TPSA) is 47.0 Å². The molecule has 0 spiro atoms. The number of halogens is 1. The van der Waals surface area contributed by atoms with E-state index in [2.05, 4.69) is 33.0 Å². The number of ether oxygens (including phenoxy) is 1. The van der Waals surface area contributed by atoms with Gasteiger partial charge in [0.05, 0.1) is 7.11 Å². The monoisotopic (exact) mass is 397 g/mol. The maximum absolute atomic E-state index is 6.06. The summed E-state index contributed by atoms with van der Waals surface area (Å²) in [6.07, 6.45) is 0.999. The van der Waals surface area contributed by atoms with Crippen LogP contribution >= 0.6 is 46.0 Å². The fourth-order valence-electron chi connectivity index (χ4n) is 2.09. The summed E-state index contributed by atoms with van der Waals surface area (Å²) in [4.78, 5) is 1.37. The largest absolute Gasteiger partial charge is 0.496 e. The molecule has 0 atom stereocenters. The first-order valence-electron chi connectivity index (χ1n) is 7.29. The lowest BCUT2D eigenvalue weighted by atomic mass is 10.2. The van der Waals surface area contributed by atoms with Gasteiger partial charge >= 0.3 is 0 Å². The van der Waals surface area contributed by atoms with Crippen molar-refractivity contribution >= 4 is 51.2 Å². The molecular formula is C16H16ClN3OS3. The Morgan fingerprint density at radius 1 is 1.29 bits per heavy atom. The van der Waals surface area contributed by atoms with Gasteiger partial charge in [0.1, 0.15) is 5.75 Å². The molecule has 24 heavy (non-hydrogen) atoms. The molecule has 0 aliphatic carbocycles. The molecule has 3 rings (SSSR count). The molecule has 0 saturated heterocycles. The van der Waals surface area contributed by atoms with Crippen LogP contribution in [0.5, 0.6) is 5.75 Å². The van der Waals surface area contributed by atoms with Crippen LogP contribution in [0, 0.1) is 0 Å². The second-order valence-corrected chi connectivity index (χ2v) is 8.54. The number of rotatable bonds is 8. The fourth-order valence-corrected chi connectivity index (χ4v) is 4.75.